The van der Waals surface area contributed by atoms with Crippen LogP contribution in [0.1, 0.15) is 30.6 Å². The highest BCUT2D eigenvalue weighted by atomic mass is 35.5. The Morgan fingerprint density at radius 1 is 1.11 bits per heavy atom. The minimum Gasteiger partial charge on any atom is -0.497 e. The van der Waals surface area contributed by atoms with Crippen molar-refractivity contribution in [3.05, 3.63) is 53.1 Å². The molecule has 0 aromatic heterocycles. The molecule has 27 heavy (non-hydrogen) atoms. The van der Waals surface area contributed by atoms with Crippen LogP contribution in [0.15, 0.2) is 42.5 Å². The molecule has 1 N–H and O–H groups in total. The van der Waals surface area contributed by atoms with Crippen LogP contribution in [-0.2, 0) is 9.53 Å². The minimum atomic E-state index is -0.694. The number of carbonyl (C=O) groups excluding carboxylic acids is 2. The third-order valence-corrected chi connectivity index (χ3v) is 4.03. The van der Waals surface area contributed by atoms with Gasteiger partial charge in [0.2, 0.25) is 0 Å². The van der Waals surface area contributed by atoms with Gasteiger partial charge in [-0.2, -0.15) is 0 Å². The van der Waals surface area contributed by atoms with E-state index in [0.717, 1.165) is 0 Å². The highest BCUT2D eigenvalue weighted by Gasteiger charge is 2.20. The number of esters is 1. The number of benzene rings is 2. The van der Waals surface area contributed by atoms with E-state index < -0.39 is 12.1 Å². The maximum Gasteiger partial charge on any atom is 0.339 e. The van der Waals surface area contributed by atoms with Gasteiger partial charge in [-0.3, -0.25) is 4.79 Å². The Hall–Kier alpha value is -2.73. The number of ether oxygens (including phenoxy) is 3. The topological polar surface area (TPSA) is 73.9 Å². The first-order chi connectivity index (χ1) is 13.0. The lowest BCUT2D eigenvalue weighted by Crippen LogP contribution is -2.32. The van der Waals surface area contributed by atoms with Crippen molar-refractivity contribution in [1.82, 2.24) is 0 Å². The molecule has 144 valence electrons. The number of carbonyl (C=O) groups is 2. The van der Waals surface area contributed by atoms with E-state index in [9.17, 15) is 9.59 Å². The molecule has 0 radical (unpaired) electrons. The monoisotopic (exact) mass is 391 g/mol. The van der Waals surface area contributed by atoms with Gasteiger partial charge in [0.1, 0.15) is 11.5 Å². The van der Waals surface area contributed by atoms with Gasteiger partial charge in [-0.05, 0) is 43.7 Å². The van der Waals surface area contributed by atoms with Crippen molar-refractivity contribution in [3.8, 4) is 11.5 Å². The molecule has 2 rings (SSSR count). The molecular formula is C20H22ClNO5. The standard InChI is InChI=1S/C20H22ClNO5/c1-4-18(27-15-8-6-7-14(12-15)25-3)19(23)22-13-9-10-16(17(21)11-13)20(24)26-5-2/h6-12,18H,4-5H2,1-3H3,(H,22,23)/t18-/m1/s1. The van der Waals surface area contributed by atoms with Crippen LogP contribution in [0.2, 0.25) is 5.02 Å². The van der Waals surface area contributed by atoms with Crippen LogP contribution in [0.3, 0.4) is 0 Å². The maximum atomic E-state index is 12.5. The Bertz CT molecular complexity index is 809. The average molecular weight is 392 g/mol. The molecule has 0 heterocycles. The largest absolute Gasteiger partial charge is 0.497 e. The van der Waals surface area contributed by atoms with Crippen molar-refractivity contribution in [2.45, 2.75) is 26.4 Å². The lowest BCUT2D eigenvalue weighted by molar-refractivity contribution is -0.122. The SMILES string of the molecule is CCOC(=O)c1ccc(NC(=O)[C@@H](CC)Oc2cccc(OC)c2)cc1Cl. The van der Waals surface area contributed by atoms with E-state index in [2.05, 4.69) is 5.32 Å². The molecular weight excluding hydrogens is 370 g/mol. The molecule has 0 aliphatic heterocycles. The third kappa shape index (κ3) is 5.62. The summed E-state index contributed by atoms with van der Waals surface area (Å²) in [7, 11) is 1.56. The third-order valence-electron chi connectivity index (χ3n) is 3.71. The predicted molar refractivity (Wildman–Crippen MR) is 104 cm³/mol. The summed E-state index contributed by atoms with van der Waals surface area (Å²) in [4.78, 5) is 24.3. The van der Waals surface area contributed by atoms with E-state index in [1.807, 2.05) is 6.92 Å². The van der Waals surface area contributed by atoms with Crippen molar-refractivity contribution in [3.63, 3.8) is 0 Å². The summed E-state index contributed by atoms with van der Waals surface area (Å²) < 4.78 is 15.8. The fourth-order valence-electron chi connectivity index (χ4n) is 2.35. The van der Waals surface area contributed by atoms with Gasteiger partial charge in [-0.25, -0.2) is 4.79 Å². The number of nitrogens with one attached hydrogen (secondary N) is 1. The number of hydrogen-bond donors (Lipinski definition) is 1. The lowest BCUT2D eigenvalue weighted by atomic mass is 10.2. The normalized spacial score (nSPS) is 11.4. The van der Waals surface area contributed by atoms with Gasteiger partial charge >= 0.3 is 5.97 Å². The fraction of sp³-hybridized carbons (Fsp3) is 0.300. The molecule has 7 heteroatoms. The number of methoxy groups -OCH3 is 1. The fourth-order valence-corrected chi connectivity index (χ4v) is 2.61. The number of hydrogen-bond acceptors (Lipinski definition) is 5. The van der Waals surface area contributed by atoms with E-state index in [-0.39, 0.29) is 23.1 Å². The molecule has 6 nitrogen and oxygen atoms in total. The van der Waals surface area contributed by atoms with Crippen molar-refractivity contribution < 1.29 is 23.8 Å². The molecule has 2 aromatic carbocycles. The van der Waals surface area contributed by atoms with Crippen LogP contribution in [0.25, 0.3) is 0 Å². The second-order valence-electron chi connectivity index (χ2n) is 5.60. The minimum absolute atomic E-state index is 0.202. The molecule has 2 aromatic rings. The van der Waals surface area contributed by atoms with E-state index >= 15 is 0 Å². The first-order valence-corrected chi connectivity index (χ1v) is 8.94. The van der Waals surface area contributed by atoms with E-state index in [4.69, 9.17) is 25.8 Å². The van der Waals surface area contributed by atoms with Crippen molar-refractivity contribution >= 4 is 29.2 Å². The van der Waals surface area contributed by atoms with Gasteiger partial charge in [0.25, 0.3) is 5.91 Å². The van der Waals surface area contributed by atoms with Crippen LogP contribution in [0.4, 0.5) is 5.69 Å². The van der Waals surface area contributed by atoms with E-state index in [1.165, 1.54) is 12.1 Å². The van der Waals surface area contributed by atoms with E-state index in [0.29, 0.717) is 23.6 Å². The van der Waals surface area contributed by atoms with Crippen LogP contribution in [-0.4, -0.2) is 31.7 Å². The average Bonchev–Trinajstić information content (AvgIpc) is 2.66. The Kier molecular flexibility index (Phi) is 7.49. The van der Waals surface area contributed by atoms with Crippen LogP contribution in [0, 0.1) is 0 Å². The Morgan fingerprint density at radius 3 is 2.48 bits per heavy atom. The van der Waals surface area contributed by atoms with E-state index in [1.54, 1.807) is 44.4 Å². The Labute approximate surface area is 163 Å². The molecule has 1 atom stereocenters. The highest BCUT2D eigenvalue weighted by molar-refractivity contribution is 6.34. The van der Waals surface area contributed by atoms with Gasteiger partial charge in [-0.15, -0.1) is 0 Å². The van der Waals surface area contributed by atoms with Crippen LogP contribution < -0.4 is 14.8 Å². The predicted octanol–water partition coefficient (Wildman–Crippen LogP) is 4.32. The Morgan fingerprint density at radius 2 is 1.85 bits per heavy atom. The summed E-state index contributed by atoms with van der Waals surface area (Å²) in [6, 6.07) is 11.6. The molecule has 0 saturated carbocycles. The lowest BCUT2D eigenvalue weighted by Gasteiger charge is -2.18. The van der Waals surface area contributed by atoms with Crippen molar-refractivity contribution in [1.29, 1.82) is 0 Å². The second-order valence-corrected chi connectivity index (χ2v) is 6.01. The highest BCUT2D eigenvalue weighted by Crippen LogP contribution is 2.24. The summed E-state index contributed by atoms with van der Waals surface area (Å²) in [6.45, 7) is 3.82. The summed E-state index contributed by atoms with van der Waals surface area (Å²) in [5.41, 5.74) is 0.710. The van der Waals surface area contributed by atoms with Gasteiger partial charge in [0.05, 0.1) is 24.3 Å². The van der Waals surface area contributed by atoms with Crippen molar-refractivity contribution in [2.24, 2.45) is 0 Å². The van der Waals surface area contributed by atoms with Gasteiger partial charge in [0.15, 0.2) is 6.10 Å². The smallest absolute Gasteiger partial charge is 0.339 e. The van der Waals surface area contributed by atoms with Gasteiger partial charge < -0.3 is 19.5 Å². The zero-order chi connectivity index (χ0) is 19.8. The van der Waals surface area contributed by atoms with Gasteiger partial charge in [-0.1, -0.05) is 24.6 Å². The zero-order valence-electron chi connectivity index (χ0n) is 15.5. The van der Waals surface area contributed by atoms with Crippen LogP contribution >= 0.6 is 11.6 Å². The van der Waals surface area contributed by atoms with Gasteiger partial charge in [0, 0.05) is 11.8 Å². The zero-order valence-corrected chi connectivity index (χ0v) is 16.2. The number of anilines is 1. The number of rotatable bonds is 8. The molecule has 0 bridgehead atoms. The number of amides is 1. The molecule has 0 spiro atoms. The number of halogens is 1. The quantitative estimate of drug-likeness (QED) is 0.678. The molecule has 0 aliphatic carbocycles. The molecule has 1 amide bonds. The maximum absolute atomic E-state index is 12.5. The second kappa shape index (κ2) is 9.83. The first kappa shape index (κ1) is 20.6. The summed E-state index contributed by atoms with van der Waals surface area (Å²) in [5.74, 6) is 0.351. The van der Waals surface area contributed by atoms with Crippen molar-refractivity contribution in [2.75, 3.05) is 19.0 Å². The molecule has 0 saturated heterocycles. The summed E-state index contributed by atoms with van der Waals surface area (Å²) in [6.07, 6.45) is -0.224. The molecule has 0 fully saturated rings. The van der Waals surface area contributed by atoms with Crippen LogP contribution in [0.5, 0.6) is 11.5 Å². The summed E-state index contributed by atoms with van der Waals surface area (Å²) in [5, 5.41) is 2.95. The Balaban J connectivity index is 2.07. The first-order valence-electron chi connectivity index (χ1n) is 8.56. The molecule has 0 unspecified atom stereocenters. The molecule has 0 aliphatic rings. The summed E-state index contributed by atoms with van der Waals surface area (Å²) >= 11 is 6.12.